The van der Waals surface area contributed by atoms with Gasteiger partial charge in [0.25, 0.3) is 0 Å². The van der Waals surface area contributed by atoms with Gasteiger partial charge in [-0.3, -0.25) is 4.98 Å². The molecule has 2 rings (SSSR count). The van der Waals surface area contributed by atoms with Crippen molar-refractivity contribution in [3.05, 3.63) is 40.3 Å². The normalized spacial score (nSPS) is 10.9. The lowest BCUT2D eigenvalue weighted by molar-refractivity contribution is 0.842. The zero-order valence-electron chi connectivity index (χ0n) is 13.4. The molecule has 4 heteroatoms. The van der Waals surface area contributed by atoms with Crippen LogP contribution in [0.5, 0.6) is 0 Å². The van der Waals surface area contributed by atoms with E-state index in [1.807, 2.05) is 13.1 Å². The fourth-order valence-corrected chi connectivity index (χ4v) is 2.66. The molecule has 2 heterocycles. The topological polar surface area (TPSA) is 64.7 Å². The van der Waals surface area contributed by atoms with E-state index in [4.69, 9.17) is 15.7 Å². The minimum Gasteiger partial charge on any atom is -0.330 e. The zero-order chi connectivity index (χ0) is 15.4. The minimum absolute atomic E-state index is 0.629. The maximum atomic E-state index is 5.73. The van der Waals surface area contributed by atoms with Crippen molar-refractivity contribution in [2.45, 2.75) is 47.0 Å². The molecule has 0 atom stereocenters. The van der Waals surface area contributed by atoms with Gasteiger partial charge in [-0.1, -0.05) is 19.9 Å². The van der Waals surface area contributed by atoms with Crippen LogP contribution in [0.2, 0.25) is 0 Å². The van der Waals surface area contributed by atoms with E-state index < -0.39 is 0 Å². The van der Waals surface area contributed by atoms with Crippen molar-refractivity contribution in [2.75, 3.05) is 6.54 Å². The lowest BCUT2D eigenvalue weighted by atomic mass is 10.0. The van der Waals surface area contributed by atoms with Gasteiger partial charge >= 0.3 is 0 Å². The Bertz CT molecular complexity index is 610. The van der Waals surface area contributed by atoms with Crippen LogP contribution < -0.4 is 5.73 Å². The Hall–Kier alpha value is -1.81. The quantitative estimate of drug-likeness (QED) is 0.917. The summed E-state index contributed by atoms with van der Waals surface area (Å²) in [7, 11) is 0. The van der Waals surface area contributed by atoms with E-state index in [1.165, 1.54) is 5.56 Å². The molecule has 0 aliphatic heterocycles. The largest absolute Gasteiger partial charge is 0.330 e. The predicted molar refractivity (Wildman–Crippen MR) is 86.3 cm³/mol. The minimum atomic E-state index is 0.629. The first kappa shape index (κ1) is 15.6. The van der Waals surface area contributed by atoms with Crippen molar-refractivity contribution >= 4 is 0 Å². The summed E-state index contributed by atoms with van der Waals surface area (Å²) in [6.45, 7) is 8.99. The summed E-state index contributed by atoms with van der Waals surface area (Å²) in [5, 5.41) is 0. The second-order valence-electron chi connectivity index (χ2n) is 5.34. The molecule has 112 valence electrons. The van der Waals surface area contributed by atoms with Crippen molar-refractivity contribution in [1.29, 1.82) is 0 Å². The van der Waals surface area contributed by atoms with Gasteiger partial charge in [0.15, 0.2) is 5.82 Å². The molecule has 0 saturated carbocycles. The Kier molecular flexibility index (Phi) is 5.02. The smallest absolute Gasteiger partial charge is 0.178 e. The van der Waals surface area contributed by atoms with Gasteiger partial charge in [-0.25, -0.2) is 9.97 Å². The van der Waals surface area contributed by atoms with E-state index in [-0.39, 0.29) is 0 Å². The molecule has 2 aromatic rings. The molecule has 0 fully saturated rings. The molecule has 0 aliphatic rings. The number of hydrogen-bond acceptors (Lipinski definition) is 4. The van der Waals surface area contributed by atoms with E-state index in [0.717, 1.165) is 53.3 Å². The number of nitrogens with two attached hydrogens (primary N) is 1. The highest BCUT2D eigenvalue weighted by Gasteiger charge is 2.15. The molecule has 0 saturated heterocycles. The van der Waals surface area contributed by atoms with E-state index in [1.54, 1.807) is 0 Å². The molecule has 0 spiro atoms. The third-order valence-electron chi connectivity index (χ3n) is 3.67. The molecular formula is C17H24N4. The first-order valence-corrected chi connectivity index (χ1v) is 7.63. The fourth-order valence-electron chi connectivity index (χ4n) is 2.66. The van der Waals surface area contributed by atoms with Crippen LogP contribution in [0.25, 0.3) is 11.5 Å². The van der Waals surface area contributed by atoms with Crippen LogP contribution in [0, 0.1) is 13.8 Å². The average Bonchev–Trinajstić information content (AvgIpc) is 2.47. The van der Waals surface area contributed by atoms with Crippen molar-refractivity contribution < 1.29 is 0 Å². The Balaban J connectivity index is 2.59. The molecular weight excluding hydrogens is 260 g/mol. The molecule has 2 N–H and O–H groups in total. The Labute approximate surface area is 126 Å². The SMILES string of the molecule is CCc1nc(-c2ncc(C)cc2C)nc(CC)c1CCN. The number of hydrogen-bond donors (Lipinski definition) is 1. The van der Waals surface area contributed by atoms with Crippen LogP contribution >= 0.6 is 0 Å². The van der Waals surface area contributed by atoms with Crippen molar-refractivity contribution in [3.8, 4) is 11.5 Å². The average molecular weight is 284 g/mol. The standard InChI is InChI=1S/C17H24N4/c1-5-14-13(7-8-18)15(6-2)21-17(20-14)16-12(4)9-11(3)10-19-16/h9-10H,5-8,18H2,1-4H3. The zero-order valence-corrected chi connectivity index (χ0v) is 13.4. The summed E-state index contributed by atoms with van der Waals surface area (Å²) in [5.74, 6) is 0.738. The van der Waals surface area contributed by atoms with Crippen molar-refractivity contribution in [1.82, 2.24) is 15.0 Å². The lowest BCUT2D eigenvalue weighted by Crippen LogP contribution is -2.12. The summed E-state index contributed by atoms with van der Waals surface area (Å²) in [6.07, 6.45) is 4.50. The Morgan fingerprint density at radius 1 is 1.05 bits per heavy atom. The lowest BCUT2D eigenvalue weighted by Gasteiger charge is -2.14. The van der Waals surface area contributed by atoms with Crippen molar-refractivity contribution in [3.63, 3.8) is 0 Å². The Morgan fingerprint density at radius 2 is 1.67 bits per heavy atom. The van der Waals surface area contributed by atoms with Gasteiger partial charge in [-0.2, -0.15) is 0 Å². The number of nitrogens with zero attached hydrogens (tertiary/aromatic N) is 3. The van der Waals surface area contributed by atoms with Crippen LogP contribution in [0.3, 0.4) is 0 Å². The summed E-state index contributed by atoms with van der Waals surface area (Å²) in [6, 6.07) is 2.12. The monoisotopic (exact) mass is 284 g/mol. The second kappa shape index (κ2) is 6.76. The van der Waals surface area contributed by atoms with Gasteiger partial charge in [-0.15, -0.1) is 0 Å². The number of aryl methyl sites for hydroxylation is 4. The number of rotatable bonds is 5. The highest BCUT2D eigenvalue weighted by Crippen LogP contribution is 2.22. The van der Waals surface area contributed by atoms with E-state index in [9.17, 15) is 0 Å². The first-order chi connectivity index (χ1) is 10.1. The highest BCUT2D eigenvalue weighted by atomic mass is 14.9. The summed E-state index contributed by atoms with van der Waals surface area (Å²) in [5.41, 5.74) is 12.3. The maximum Gasteiger partial charge on any atom is 0.178 e. The molecule has 0 radical (unpaired) electrons. The molecule has 4 nitrogen and oxygen atoms in total. The molecule has 0 aromatic carbocycles. The maximum absolute atomic E-state index is 5.73. The van der Waals surface area contributed by atoms with Crippen LogP contribution in [-0.4, -0.2) is 21.5 Å². The van der Waals surface area contributed by atoms with Crippen LogP contribution in [0.15, 0.2) is 12.3 Å². The van der Waals surface area contributed by atoms with Gasteiger partial charge < -0.3 is 5.73 Å². The van der Waals surface area contributed by atoms with Gasteiger partial charge in [0.05, 0.1) is 0 Å². The molecule has 0 unspecified atom stereocenters. The van der Waals surface area contributed by atoms with Crippen LogP contribution in [0.4, 0.5) is 0 Å². The van der Waals surface area contributed by atoms with E-state index in [0.29, 0.717) is 6.54 Å². The third-order valence-corrected chi connectivity index (χ3v) is 3.67. The second-order valence-corrected chi connectivity index (χ2v) is 5.34. The number of aromatic nitrogens is 3. The van der Waals surface area contributed by atoms with E-state index >= 15 is 0 Å². The fraction of sp³-hybridized carbons (Fsp3) is 0.471. The van der Waals surface area contributed by atoms with Crippen LogP contribution in [-0.2, 0) is 19.3 Å². The third kappa shape index (κ3) is 3.27. The van der Waals surface area contributed by atoms with Gasteiger partial charge in [0.2, 0.25) is 0 Å². The molecule has 0 bridgehead atoms. The molecule has 2 aromatic heterocycles. The van der Waals surface area contributed by atoms with Gasteiger partial charge in [0.1, 0.15) is 5.69 Å². The molecule has 0 aliphatic carbocycles. The predicted octanol–water partition coefficient (Wildman–Crippen LogP) is 2.78. The van der Waals surface area contributed by atoms with E-state index in [2.05, 4.69) is 31.8 Å². The van der Waals surface area contributed by atoms with Crippen LogP contribution in [0.1, 0.15) is 41.9 Å². The first-order valence-electron chi connectivity index (χ1n) is 7.63. The number of pyridine rings is 1. The molecule has 21 heavy (non-hydrogen) atoms. The highest BCUT2D eigenvalue weighted by molar-refractivity contribution is 5.56. The summed E-state index contributed by atoms with van der Waals surface area (Å²) < 4.78 is 0. The summed E-state index contributed by atoms with van der Waals surface area (Å²) >= 11 is 0. The molecule has 0 amide bonds. The Morgan fingerprint density at radius 3 is 2.14 bits per heavy atom. The van der Waals surface area contributed by atoms with Gasteiger partial charge in [0, 0.05) is 17.6 Å². The van der Waals surface area contributed by atoms with Gasteiger partial charge in [-0.05, 0) is 56.3 Å². The summed E-state index contributed by atoms with van der Waals surface area (Å²) in [4.78, 5) is 14.0. The van der Waals surface area contributed by atoms with Crippen molar-refractivity contribution in [2.24, 2.45) is 5.73 Å².